The summed E-state index contributed by atoms with van der Waals surface area (Å²) in [6.07, 6.45) is -4.56. The van der Waals surface area contributed by atoms with Crippen molar-refractivity contribution in [2.45, 2.75) is 13.1 Å². The number of guanidine groups is 1. The summed E-state index contributed by atoms with van der Waals surface area (Å²) in [5, 5.41) is 1.90. The number of urea groups is 1. The molecule has 5 N–H and O–H groups in total. The van der Waals surface area contributed by atoms with E-state index in [-0.39, 0.29) is 11.3 Å². The molecule has 0 aliphatic carbocycles. The van der Waals surface area contributed by atoms with Crippen LogP contribution in [0.3, 0.4) is 0 Å². The standard InChI is InChI=1S/C10H11F3N4O/c1-5-3-2-4-6(10(11,12)13)7(5)16-8(14)17-9(15)18/h2-4H,1H3,(H5,14,15,16,17,18). The highest BCUT2D eigenvalue weighted by molar-refractivity contribution is 5.96. The molecule has 18 heavy (non-hydrogen) atoms. The fourth-order valence-corrected chi connectivity index (χ4v) is 1.31. The van der Waals surface area contributed by atoms with Crippen molar-refractivity contribution in [3.05, 3.63) is 29.3 Å². The van der Waals surface area contributed by atoms with E-state index in [1.165, 1.54) is 19.1 Å². The van der Waals surface area contributed by atoms with Gasteiger partial charge in [-0.2, -0.15) is 13.2 Å². The number of nitrogens with zero attached hydrogens (tertiary/aromatic N) is 1. The summed E-state index contributed by atoms with van der Waals surface area (Å²) in [6.45, 7) is 1.45. The largest absolute Gasteiger partial charge is 0.418 e. The Morgan fingerprint density at radius 2 is 1.94 bits per heavy atom. The lowest BCUT2D eigenvalue weighted by atomic mass is 10.1. The Labute approximate surface area is 101 Å². The maximum Gasteiger partial charge on any atom is 0.418 e. The lowest BCUT2D eigenvalue weighted by Gasteiger charge is -2.12. The van der Waals surface area contributed by atoms with Crippen molar-refractivity contribution in [3.63, 3.8) is 0 Å². The predicted octanol–water partition coefficient (Wildman–Crippen LogP) is 1.63. The molecule has 0 aromatic heterocycles. The zero-order valence-corrected chi connectivity index (χ0v) is 9.38. The molecule has 0 unspecified atom stereocenters. The monoisotopic (exact) mass is 260 g/mol. The second kappa shape index (κ2) is 4.94. The van der Waals surface area contributed by atoms with Crippen LogP contribution in [0.1, 0.15) is 11.1 Å². The van der Waals surface area contributed by atoms with E-state index in [0.717, 1.165) is 6.07 Å². The summed E-state index contributed by atoms with van der Waals surface area (Å²) < 4.78 is 38.2. The molecule has 0 spiro atoms. The SMILES string of the molecule is Cc1cccc(C(F)(F)F)c1N=C(N)NC(N)=O. The van der Waals surface area contributed by atoms with Crippen molar-refractivity contribution in [2.24, 2.45) is 16.5 Å². The highest BCUT2D eigenvalue weighted by Crippen LogP contribution is 2.37. The van der Waals surface area contributed by atoms with Gasteiger partial charge in [0.15, 0.2) is 0 Å². The number of para-hydroxylation sites is 1. The van der Waals surface area contributed by atoms with Gasteiger partial charge in [0, 0.05) is 0 Å². The van der Waals surface area contributed by atoms with Gasteiger partial charge >= 0.3 is 12.2 Å². The third-order valence-electron chi connectivity index (χ3n) is 2.03. The van der Waals surface area contributed by atoms with Gasteiger partial charge in [-0.25, -0.2) is 9.79 Å². The Morgan fingerprint density at radius 1 is 1.33 bits per heavy atom. The molecule has 1 aromatic carbocycles. The van der Waals surface area contributed by atoms with E-state index in [4.69, 9.17) is 11.5 Å². The molecule has 0 aliphatic rings. The van der Waals surface area contributed by atoms with Crippen LogP contribution in [0, 0.1) is 6.92 Å². The van der Waals surface area contributed by atoms with Crippen LogP contribution in [-0.2, 0) is 6.18 Å². The summed E-state index contributed by atoms with van der Waals surface area (Å²) in [5.41, 5.74) is 9.03. The summed E-state index contributed by atoms with van der Waals surface area (Å²) in [7, 11) is 0. The average Bonchev–Trinajstić information content (AvgIpc) is 2.18. The number of carbonyl (C=O) groups is 1. The minimum absolute atomic E-state index is 0.277. The number of hydrogen-bond donors (Lipinski definition) is 3. The topological polar surface area (TPSA) is 93.5 Å². The summed E-state index contributed by atoms with van der Waals surface area (Å²) in [5.74, 6) is -0.498. The first-order valence-corrected chi connectivity index (χ1v) is 4.79. The van der Waals surface area contributed by atoms with Gasteiger partial charge < -0.3 is 11.5 Å². The lowest BCUT2D eigenvalue weighted by molar-refractivity contribution is -0.137. The second-order valence-corrected chi connectivity index (χ2v) is 3.46. The number of nitrogens with one attached hydrogen (secondary N) is 1. The number of aryl methyl sites for hydroxylation is 1. The molecule has 0 aliphatic heterocycles. The zero-order chi connectivity index (χ0) is 13.9. The molecule has 0 atom stereocenters. The molecule has 2 amide bonds. The molecule has 0 heterocycles. The van der Waals surface area contributed by atoms with Gasteiger partial charge in [-0.3, -0.25) is 5.32 Å². The van der Waals surface area contributed by atoms with Crippen LogP contribution in [0.15, 0.2) is 23.2 Å². The Morgan fingerprint density at radius 3 is 2.44 bits per heavy atom. The van der Waals surface area contributed by atoms with Crippen molar-refractivity contribution in [3.8, 4) is 0 Å². The summed E-state index contributed by atoms with van der Waals surface area (Å²) >= 11 is 0. The fraction of sp³-hybridized carbons (Fsp3) is 0.200. The molecule has 0 radical (unpaired) electrons. The number of primary amides is 1. The highest BCUT2D eigenvalue weighted by Gasteiger charge is 2.34. The molecule has 98 valence electrons. The Hall–Kier alpha value is -2.25. The number of alkyl halides is 3. The first kappa shape index (κ1) is 13.8. The van der Waals surface area contributed by atoms with Gasteiger partial charge in [-0.05, 0) is 18.6 Å². The van der Waals surface area contributed by atoms with Gasteiger partial charge in [0.25, 0.3) is 0 Å². The number of aliphatic imine (C=N–C) groups is 1. The van der Waals surface area contributed by atoms with E-state index in [1.807, 2.05) is 5.32 Å². The normalized spacial score (nSPS) is 12.3. The molecule has 0 saturated carbocycles. The van der Waals surface area contributed by atoms with Gasteiger partial charge in [-0.15, -0.1) is 0 Å². The molecule has 5 nitrogen and oxygen atoms in total. The zero-order valence-electron chi connectivity index (χ0n) is 9.38. The number of nitrogens with two attached hydrogens (primary N) is 2. The highest BCUT2D eigenvalue weighted by atomic mass is 19.4. The van der Waals surface area contributed by atoms with E-state index < -0.39 is 23.7 Å². The van der Waals surface area contributed by atoms with Gasteiger partial charge in [0.2, 0.25) is 5.96 Å². The van der Waals surface area contributed by atoms with E-state index in [9.17, 15) is 18.0 Å². The van der Waals surface area contributed by atoms with Crippen LogP contribution >= 0.6 is 0 Å². The summed E-state index contributed by atoms with van der Waals surface area (Å²) in [4.78, 5) is 14.0. The van der Waals surface area contributed by atoms with Gasteiger partial charge in [-0.1, -0.05) is 12.1 Å². The molecular formula is C10H11F3N4O. The van der Waals surface area contributed by atoms with E-state index >= 15 is 0 Å². The molecule has 1 aromatic rings. The second-order valence-electron chi connectivity index (χ2n) is 3.46. The lowest BCUT2D eigenvalue weighted by Crippen LogP contribution is -2.40. The third-order valence-corrected chi connectivity index (χ3v) is 2.03. The first-order valence-electron chi connectivity index (χ1n) is 4.79. The Kier molecular flexibility index (Phi) is 3.79. The van der Waals surface area contributed by atoms with Crippen LogP contribution < -0.4 is 16.8 Å². The molecule has 0 saturated heterocycles. The predicted molar refractivity (Wildman–Crippen MR) is 60.2 cm³/mol. The van der Waals surface area contributed by atoms with E-state index in [2.05, 4.69) is 4.99 Å². The quantitative estimate of drug-likeness (QED) is 0.528. The van der Waals surface area contributed by atoms with Crippen LogP contribution in [0.2, 0.25) is 0 Å². The fourth-order valence-electron chi connectivity index (χ4n) is 1.31. The van der Waals surface area contributed by atoms with E-state index in [0.29, 0.717) is 0 Å². The number of amides is 2. The van der Waals surface area contributed by atoms with Crippen molar-refractivity contribution in [2.75, 3.05) is 0 Å². The van der Waals surface area contributed by atoms with Crippen LogP contribution in [0.5, 0.6) is 0 Å². The maximum absolute atomic E-state index is 12.7. The van der Waals surface area contributed by atoms with Crippen molar-refractivity contribution < 1.29 is 18.0 Å². The number of carbonyl (C=O) groups excluding carboxylic acids is 1. The van der Waals surface area contributed by atoms with Crippen LogP contribution in [0.4, 0.5) is 23.7 Å². The minimum Gasteiger partial charge on any atom is -0.369 e. The molecule has 0 fully saturated rings. The number of rotatable bonds is 1. The number of halogens is 3. The average molecular weight is 260 g/mol. The molecule has 8 heteroatoms. The van der Waals surface area contributed by atoms with Crippen LogP contribution in [-0.4, -0.2) is 12.0 Å². The Bertz CT molecular complexity index is 496. The molecule has 1 rings (SSSR count). The molecular weight excluding hydrogens is 249 g/mol. The third kappa shape index (κ3) is 3.37. The van der Waals surface area contributed by atoms with Gasteiger partial charge in [0.1, 0.15) is 0 Å². The van der Waals surface area contributed by atoms with Crippen molar-refractivity contribution >= 4 is 17.7 Å². The van der Waals surface area contributed by atoms with Crippen LogP contribution in [0.25, 0.3) is 0 Å². The number of benzene rings is 1. The number of hydrogen-bond acceptors (Lipinski definition) is 2. The smallest absolute Gasteiger partial charge is 0.369 e. The minimum atomic E-state index is -4.56. The van der Waals surface area contributed by atoms with Gasteiger partial charge in [0.05, 0.1) is 11.3 Å². The van der Waals surface area contributed by atoms with Crippen molar-refractivity contribution in [1.29, 1.82) is 0 Å². The first-order chi connectivity index (χ1) is 8.21. The maximum atomic E-state index is 12.7. The summed E-state index contributed by atoms with van der Waals surface area (Å²) in [6, 6.07) is 2.59. The Balaban J connectivity index is 3.27. The van der Waals surface area contributed by atoms with Crippen molar-refractivity contribution in [1.82, 2.24) is 5.32 Å². The van der Waals surface area contributed by atoms with E-state index in [1.54, 1.807) is 0 Å². The molecule has 0 bridgehead atoms.